The minimum absolute atomic E-state index is 0.414. The molecular weight excluding hydrogens is 332 g/mol. The Morgan fingerprint density at radius 2 is 1.95 bits per heavy atom. The van der Waals surface area contributed by atoms with E-state index in [-0.39, 0.29) is 0 Å². The first-order valence-electron chi connectivity index (χ1n) is 6.56. The number of hydrogen-bond donors (Lipinski definition) is 2. The van der Waals surface area contributed by atoms with Crippen LogP contribution in [0.1, 0.15) is 23.5 Å². The van der Waals surface area contributed by atoms with Crippen molar-refractivity contribution in [3.63, 3.8) is 0 Å². The third-order valence-corrected chi connectivity index (χ3v) is 4.48. The van der Waals surface area contributed by atoms with Gasteiger partial charge in [-0.1, -0.05) is 42.5 Å². The second kappa shape index (κ2) is 5.54. The van der Waals surface area contributed by atoms with Gasteiger partial charge in [-0.15, -0.1) is 0 Å². The van der Waals surface area contributed by atoms with E-state index in [1.807, 2.05) is 18.2 Å². The summed E-state index contributed by atoms with van der Waals surface area (Å²) >= 11 is 8.51. The van der Waals surface area contributed by atoms with Crippen molar-refractivity contribution in [2.24, 2.45) is 5.73 Å². The number of nitrogens with one attached hydrogen (secondary N) is 1. The molecule has 1 aliphatic carbocycles. The predicted octanol–water partition coefficient (Wildman–Crippen LogP) is 4.05. The Hall–Kier alpha value is -1.39. The maximum atomic E-state index is 5.66. The standard InChI is InChI=1S/C16H15BrN2S/c17-14-8-11(6-7-12(14)16(18)20)19-15-9-13(15)10-4-2-1-3-5-10/h1-8,13,15,19H,9H2,(H2,18,20). The quantitative estimate of drug-likeness (QED) is 0.820. The summed E-state index contributed by atoms with van der Waals surface area (Å²) in [6.07, 6.45) is 1.18. The van der Waals surface area contributed by atoms with Gasteiger partial charge in [0.05, 0.1) is 0 Å². The first-order valence-corrected chi connectivity index (χ1v) is 7.76. The number of nitrogens with two attached hydrogens (primary N) is 1. The molecule has 0 heterocycles. The van der Waals surface area contributed by atoms with Gasteiger partial charge in [0.1, 0.15) is 4.99 Å². The van der Waals surface area contributed by atoms with Crippen molar-refractivity contribution in [2.75, 3.05) is 5.32 Å². The highest BCUT2D eigenvalue weighted by atomic mass is 79.9. The minimum Gasteiger partial charge on any atom is -0.389 e. The summed E-state index contributed by atoms with van der Waals surface area (Å²) < 4.78 is 0.937. The molecule has 0 spiro atoms. The van der Waals surface area contributed by atoms with E-state index in [1.54, 1.807) is 0 Å². The molecule has 102 valence electrons. The molecule has 0 radical (unpaired) electrons. The summed E-state index contributed by atoms with van der Waals surface area (Å²) in [6.45, 7) is 0. The first kappa shape index (κ1) is 13.6. The highest BCUT2D eigenvalue weighted by molar-refractivity contribution is 9.10. The van der Waals surface area contributed by atoms with Crippen molar-refractivity contribution >= 4 is 38.8 Å². The molecule has 1 fully saturated rings. The van der Waals surface area contributed by atoms with Crippen LogP contribution in [0.15, 0.2) is 53.0 Å². The molecule has 3 N–H and O–H groups in total. The van der Waals surface area contributed by atoms with Crippen molar-refractivity contribution in [3.8, 4) is 0 Å². The van der Waals surface area contributed by atoms with Crippen LogP contribution in [0.3, 0.4) is 0 Å². The molecule has 2 aromatic carbocycles. The lowest BCUT2D eigenvalue weighted by Crippen LogP contribution is -2.11. The highest BCUT2D eigenvalue weighted by Crippen LogP contribution is 2.42. The van der Waals surface area contributed by atoms with E-state index >= 15 is 0 Å². The SMILES string of the molecule is NC(=S)c1ccc(NC2CC2c2ccccc2)cc1Br. The fourth-order valence-electron chi connectivity index (χ4n) is 2.44. The predicted molar refractivity (Wildman–Crippen MR) is 91.2 cm³/mol. The van der Waals surface area contributed by atoms with Gasteiger partial charge in [0.15, 0.2) is 0 Å². The van der Waals surface area contributed by atoms with Crippen LogP contribution in [0.4, 0.5) is 5.69 Å². The molecule has 2 aromatic rings. The Morgan fingerprint density at radius 3 is 2.60 bits per heavy atom. The van der Waals surface area contributed by atoms with Gasteiger partial charge in [-0.3, -0.25) is 0 Å². The number of halogens is 1. The molecule has 2 atom stereocenters. The van der Waals surface area contributed by atoms with E-state index in [9.17, 15) is 0 Å². The van der Waals surface area contributed by atoms with Gasteiger partial charge in [-0.25, -0.2) is 0 Å². The van der Waals surface area contributed by atoms with E-state index in [0.717, 1.165) is 15.7 Å². The summed E-state index contributed by atoms with van der Waals surface area (Å²) in [6, 6.07) is 17.2. The molecule has 2 unspecified atom stereocenters. The zero-order valence-electron chi connectivity index (χ0n) is 10.8. The fraction of sp³-hybridized carbons (Fsp3) is 0.188. The lowest BCUT2D eigenvalue weighted by atomic mass is 10.1. The second-order valence-corrected chi connectivity index (χ2v) is 6.36. The number of anilines is 1. The molecule has 2 nitrogen and oxygen atoms in total. The molecule has 3 rings (SSSR count). The van der Waals surface area contributed by atoms with Crippen molar-refractivity contribution in [2.45, 2.75) is 18.4 Å². The number of hydrogen-bond acceptors (Lipinski definition) is 2. The maximum Gasteiger partial charge on any atom is 0.105 e. The summed E-state index contributed by atoms with van der Waals surface area (Å²) in [5.41, 5.74) is 9.04. The largest absolute Gasteiger partial charge is 0.389 e. The van der Waals surface area contributed by atoms with Crippen molar-refractivity contribution in [1.82, 2.24) is 0 Å². The van der Waals surface area contributed by atoms with Gasteiger partial charge in [0, 0.05) is 27.7 Å². The van der Waals surface area contributed by atoms with Gasteiger partial charge >= 0.3 is 0 Å². The lowest BCUT2D eigenvalue weighted by Gasteiger charge is -2.09. The van der Waals surface area contributed by atoms with Crippen LogP contribution >= 0.6 is 28.1 Å². The number of rotatable bonds is 4. The number of benzene rings is 2. The van der Waals surface area contributed by atoms with Crippen LogP contribution in [0.2, 0.25) is 0 Å². The molecule has 1 aliphatic rings. The van der Waals surface area contributed by atoms with E-state index in [4.69, 9.17) is 18.0 Å². The van der Waals surface area contributed by atoms with Gasteiger partial charge in [0.25, 0.3) is 0 Å². The van der Waals surface area contributed by atoms with E-state index < -0.39 is 0 Å². The highest BCUT2D eigenvalue weighted by Gasteiger charge is 2.38. The van der Waals surface area contributed by atoms with Crippen molar-refractivity contribution < 1.29 is 0 Å². The normalized spacial score (nSPS) is 20.4. The third kappa shape index (κ3) is 2.86. The van der Waals surface area contributed by atoms with E-state index in [0.29, 0.717) is 16.9 Å². The Bertz CT molecular complexity index is 642. The van der Waals surface area contributed by atoms with E-state index in [2.05, 4.69) is 51.6 Å². The van der Waals surface area contributed by atoms with Crippen LogP contribution in [0.25, 0.3) is 0 Å². The topological polar surface area (TPSA) is 38.0 Å². The first-order chi connectivity index (χ1) is 9.65. The average Bonchev–Trinajstić information content (AvgIpc) is 3.18. The van der Waals surface area contributed by atoms with Gasteiger partial charge in [0.2, 0.25) is 0 Å². The Morgan fingerprint density at radius 1 is 1.20 bits per heavy atom. The summed E-state index contributed by atoms with van der Waals surface area (Å²) in [4.78, 5) is 0.414. The van der Waals surface area contributed by atoms with Gasteiger partial charge < -0.3 is 11.1 Å². The van der Waals surface area contributed by atoms with Gasteiger partial charge in [-0.2, -0.15) is 0 Å². The second-order valence-electron chi connectivity index (χ2n) is 5.06. The summed E-state index contributed by atoms with van der Waals surface area (Å²) in [7, 11) is 0. The van der Waals surface area contributed by atoms with Crippen LogP contribution in [0, 0.1) is 0 Å². The summed E-state index contributed by atoms with van der Waals surface area (Å²) in [5, 5.41) is 3.56. The van der Waals surface area contributed by atoms with Crippen LogP contribution in [0.5, 0.6) is 0 Å². The van der Waals surface area contributed by atoms with Crippen molar-refractivity contribution in [1.29, 1.82) is 0 Å². The van der Waals surface area contributed by atoms with Crippen molar-refractivity contribution in [3.05, 3.63) is 64.1 Å². The molecule has 0 bridgehead atoms. The monoisotopic (exact) mass is 346 g/mol. The smallest absolute Gasteiger partial charge is 0.105 e. The third-order valence-electron chi connectivity index (χ3n) is 3.60. The molecule has 4 heteroatoms. The zero-order valence-corrected chi connectivity index (χ0v) is 13.2. The van der Waals surface area contributed by atoms with E-state index in [1.165, 1.54) is 12.0 Å². The molecule has 20 heavy (non-hydrogen) atoms. The molecule has 0 aliphatic heterocycles. The van der Waals surface area contributed by atoms with Crippen LogP contribution in [-0.2, 0) is 0 Å². The maximum absolute atomic E-state index is 5.66. The lowest BCUT2D eigenvalue weighted by molar-refractivity contribution is 1.05. The molecule has 1 saturated carbocycles. The molecule has 0 amide bonds. The zero-order chi connectivity index (χ0) is 14.1. The fourth-order valence-corrected chi connectivity index (χ4v) is 3.34. The van der Waals surface area contributed by atoms with Crippen LogP contribution < -0.4 is 11.1 Å². The molecule has 0 aromatic heterocycles. The van der Waals surface area contributed by atoms with Gasteiger partial charge in [-0.05, 0) is 46.1 Å². The minimum atomic E-state index is 0.414. The Labute approximate surface area is 132 Å². The molecule has 0 saturated heterocycles. The average molecular weight is 347 g/mol. The summed E-state index contributed by atoms with van der Waals surface area (Å²) in [5.74, 6) is 0.616. The van der Waals surface area contributed by atoms with Crippen LogP contribution in [-0.4, -0.2) is 11.0 Å². The molecular formula is C16H15BrN2S. The number of thiocarbonyl (C=S) groups is 1. The Kier molecular flexibility index (Phi) is 3.76. The Balaban J connectivity index is 1.68.